The number of likely N-dealkylation sites (N-methyl/N-ethyl adjacent to an activating group) is 1. The Labute approximate surface area is 118 Å². The minimum atomic E-state index is -0.933. The highest BCUT2D eigenvalue weighted by Gasteiger charge is 2.08. The number of nitrogens with one attached hydrogen (secondary N) is 1. The van der Waals surface area contributed by atoms with Gasteiger partial charge in [0.2, 0.25) is 0 Å². The van der Waals surface area contributed by atoms with Gasteiger partial charge in [0.15, 0.2) is 0 Å². The Bertz CT molecular complexity index is 638. The standard InChI is InChI=1S/C15H19N3O2/c1-10-8-13(16-6-7-18(2)3)12-5-4-11(15(19)20)9-14(12)17-10/h4-5,8-9H,6-7H2,1-3H3,(H,16,17)(H,19,20). The number of carboxylic acid groups (broad SMARTS) is 1. The zero-order valence-corrected chi connectivity index (χ0v) is 12.0. The molecule has 2 aromatic rings. The first-order chi connectivity index (χ1) is 9.47. The molecule has 0 radical (unpaired) electrons. The van der Waals surface area contributed by atoms with Crippen LogP contribution >= 0.6 is 0 Å². The second kappa shape index (κ2) is 5.88. The van der Waals surface area contributed by atoms with Crippen molar-refractivity contribution in [2.24, 2.45) is 0 Å². The summed E-state index contributed by atoms with van der Waals surface area (Å²) in [6.07, 6.45) is 0. The Morgan fingerprint density at radius 1 is 1.35 bits per heavy atom. The van der Waals surface area contributed by atoms with E-state index in [0.717, 1.165) is 29.9 Å². The van der Waals surface area contributed by atoms with E-state index in [1.165, 1.54) is 0 Å². The maximum atomic E-state index is 11.0. The molecule has 0 unspecified atom stereocenters. The van der Waals surface area contributed by atoms with Crippen LogP contribution in [0, 0.1) is 6.92 Å². The minimum Gasteiger partial charge on any atom is -0.478 e. The van der Waals surface area contributed by atoms with Crippen LogP contribution in [0.1, 0.15) is 16.1 Å². The fraction of sp³-hybridized carbons (Fsp3) is 0.333. The molecule has 1 heterocycles. The normalized spacial score (nSPS) is 11.0. The van der Waals surface area contributed by atoms with Gasteiger partial charge < -0.3 is 15.3 Å². The maximum Gasteiger partial charge on any atom is 0.335 e. The first-order valence-electron chi connectivity index (χ1n) is 6.50. The number of rotatable bonds is 5. The first-order valence-corrected chi connectivity index (χ1v) is 6.50. The molecular formula is C15H19N3O2. The number of benzene rings is 1. The molecule has 2 rings (SSSR count). The lowest BCUT2D eigenvalue weighted by molar-refractivity contribution is 0.0697. The zero-order valence-electron chi connectivity index (χ0n) is 12.0. The predicted octanol–water partition coefficient (Wildman–Crippen LogP) is 2.21. The van der Waals surface area contributed by atoms with Crippen LogP contribution in [0.25, 0.3) is 10.9 Å². The van der Waals surface area contributed by atoms with Gasteiger partial charge in [0.05, 0.1) is 11.1 Å². The summed E-state index contributed by atoms with van der Waals surface area (Å²) in [5.41, 5.74) is 2.82. The van der Waals surface area contributed by atoms with Crippen LogP contribution in [-0.4, -0.2) is 48.1 Å². The topological polar surface area (TPSA) is 65.5 Å². The molecule has 5 heteroatoms. The van der Waals surface area contributed by atoms with Crippen LogP contribution < -0.4 is 5.32 Å². The van der Waals surface area contributed by atoms with E-state index in [1.54, 1.807) is 12.1 Å². The molecule has 0 atom stereocenters. The summed E-state index contributed by atoms with van der Waals surface area (Å²) in [6, 6.07) is 7.02. The number of carbonyl (C=O) groups is 1. The molecule has 0 aliphatic rings. The lowest BCUT2D eigenvalue weighted by Gasteiger charge is -2.14. The highest BCUT2D eigenvalue weighted by Crippen LogP contribution is 2.24. The molecule has 20 heavy (non-hydrogen) atoms. The number of aryl methyl sites for hydroxylation is 1. The second-order valence-corrected chi connectivity index (χ2v) is 5.08. The van der Waals surface area contributed by atoms with E-state index in [-0.39, 0.29) is 5.56 Å². The summed E-state index contributed by atoms with van der Waals surface area (Å²) in [7, 11) is 4.05. The smallest absolute Gasteiger partial charge is 0.335 e. The molecule has 0 amide bonds. The van der Waals surface area contributed by atoms with Crippen molar-refractivity contribution in [1.29, 1.82) is 0 Å². The second-order valence-electron chi connectivity index (χ2n) is 5.08. The molecular weight excluding hydrogens is 254 g/mol. The van der Waals surface area contributed by atoms with Gasteiger partial charge in [0.25, 0.3) is 0 Å². The van der Waals surface area contributed by atoms with Crippen LogP contribution in [0.4, 0.5) is 5.69 Å². The highest BCUT2D eigenvalue weighted by atomic mass is 16.4. The number of hydrogen-bond donors (Lipinski definition) is 2. The van der Waals surface area contributed by atoms with Crippen molar-refractivity contribution in [2.75, 3.05) is 32.5 Å². The SMILES string of the molecule is Cc1cc(NCCN(C)C)c2ccc(C(=O)O)cc2n1. The molecule has 2 N–H and O–H groups in total. The van der Waals surface area contributed by atoms with E-state index in [1.807, 2.05) is 33.2 Å². The highest BCUT2D eigenvalue weighted by molar-refractivity contribution is 5.97. The third-order valence-electron chi connectivity index (χ3n) is 3.06. The number of carboxylic acids is 1. The van der Waals surface area contributed by atoms with Crippen molar-refractivity contribution in [3.63, 3.8) is 0 Å². The average molecular weight is 273 g/mol. The van der Waals surface area contributed by atoms with E-state index >= 15 is 0 Å². The number of aromatic nitrogens is 1. The van der Waals surface area contributed by atoms with Crippen LogP contribution in [0.5, 0.6) is 0 Å². The molecule has 106 valence electrons. The third-order valence-corrected chi connectivity index (χ3v) is 3.06. The van der Waals surface area contributed by atoms with E-state index in [2.05, 4.69) is 15.2 Å². The molecule has 0 aliphatic heterocycles. The fourth-order valence-corrected chi connectivity index (χ4v) is 2.05. The zero-order chi connectivity index (χ0) is 14.7. The maximum absolute atomic E-state index is 11.0. The summed E-state index contributed by atoms with van der Waals surface area (Å²) in [5.74, 6) is -0.933. The van der Waals surface area contributed by atoms with E-state index in [9.17, 15) is 4.79 Å². The van der Waals surface area contributed by atoms with Gasteiger partial charge in [-0.3, -0.25) is 4.98 Å². The molecule has 0 saturated heterocycles. The van der Waals surface area contributed by atoms with Crippen LogP contribution in [0.15, 0.2) is 24.3 Å². The Morgan fingerprint density at radius 3 is 2.75 bits per heavy atom. The monoisotopic (exact) mass is 273 g/mol. The van der Waals surface area contributed by atoms with Crippen molar-refractivity contribution in [3.05, 3.63) is 35.5 Å². The quantitative estimate of drug-likeness (QED) is 0.874. The molecule has 5 nitrogen and oxygen atoms in total. The molecule has 1 aromatic heterocycles. The number of pyridine rings is 1. The Morgan fingerprint density at radius 2 is 2.10 bits per heavy atom. The van der Waals surface area contributed by atoms with E-state index in [0.29, 0.717) is 5.52 Å². The first kappa shape index (κ1) is 14.3. The predicted molar refractivity (Wildman–Crippen MR) is 80.5 cm³/mol. The number of aromatic carboxylic acids is 1. The van der Waals surface area contributed by atoms with Gasteiger partial charge in [0, 0.05) is 29.9 Å². The summed E-state index contributed by atoms with van der Waals surface area (Å²) in [4.78, 5) is 17.5. The van der Waals surface area contributed by atoms with Crippen LogP contribution in [-0.2, 0) is 0 Å². The van der Waals surface area contributed by atoms with Gasteiger partial charge in [-0.1, -0.05) is 0 Å². The minimum absolute atomic E-state index is 0.259. The average Bonchev–Trinajstić information content (AvgIpc) is 2.37. The van der Waals surface area contributed by atoms with Gasteiger partial charge in [-0.15, -0.1) is 0 Å². The van der Waals surface area contributed by atoms with Crippen molar-refractivity contribution < 1.29 is 9.90 Å². The summed E-state index contributed by atoms with van der Waals surface area (Å²) < 4.78 is 0. The number of nitrogens with zero attached hydrogens (tertiary/aromatic N) is 2. The van der Waals surface area contributed by atoms with E-state index < -0.39 is 5.97 Å². The molecule has 1 aromatic carbocycles. The summed E-state index contributed by atoms with van der Waals surface area (Å²) in [6.45, 7) is 3.66. The van der Waals surface area contributed by atoms with Crippen molar-refractivity contribution in [1.82, 2.24) is 9.88 Å². The van der Waals surface area contributed by atoms with Gasteiger partial charge in [0.1, 0.15) is 0 Å². The fourth-order valence-electron chi connectivity index (χ4n) is 2.05. The number of anilines is 1. The summed E-state index contributed by atoms with van der Waals surface area (Å²) >= 11 is 0. The Kier molecular flexibility index (Phi) is 4.20. The van der Waals surface area contributed by atoms with Gasteiger partial charge in [-0.2, -0.15) is 0 Å². The van der Waals surface area contributed by atoms with Gasteiger partial charge >= 0.3 is 5.97 Å². The lowest BCUT2D eigenvalue weighted by Crippen LogP contribution is -2.20. The lowest BCUT2D eigenvalue weighted by atomic mass is 10.1. The largest absolute Gasteiger partial charge is 0.478 e. The number of fused-ring (bicyclic) bond motifs is 1. The molecule has 0 bridgehead atoms. The van der Waals surface area contributed by atoms with Crippen molar-refractivity contribution in [3.8, 4) is 0 Å². The van der Waals surface area contributed by atoms with E-state index in [4.69, 9.17) is 5.11 Å². The summed E-state index contributed by atoms with van der Waals surface area (Å²) in [5, 5.41) is 13.4. The Hall–Kier alpha value is -2.14. The molecule has 0 fully saturated rings. The van der Waals surface area contributed by atoms with Crippen molar-refractivity contribution in [2.45, 2.75) is 6.92 Å². The molecule has 0 aliphatic carbocycles. The number of hydrogen-bond acceptors (Lipinski definition) is 4. The van der Waals surface area contributed by atoms with Gasteiger partial charge in [-0.25, -0.2) is 4.79 Å². The van der Waals surface area contributed by atoms with Crippen molar-refractivity contribution >= 4 is 22.6 Å². The van der Waals surface area contributed by atoms with Crippen LogP contribution in [0.2, 0.25) is 0 Å². The molecule has 0 saturated carbocycles. The van der Waals surface area contributed by atoms with Gasteiger partial charge in [-0.05, 0) is 45.3 Å². The van der Waals surface area contributed by atoms with Crippen LogP contribution in [0.3, 0.4) is 0 Å². The third kappa shape index (κ3) is 3.24. The molecule has 0 spiro atoms. The Balaban J connectivity index is 2.36.